The maximum Gasteiger partial charge on any atom is 0.271 e. The predicted molar refractivity (Wildman–Crippen MR) is 152 cm³/mol. The van der Waals surface area contributed by atoms with Gasteiger partial charge < -0.3 is 24.3 Å². The summed E-state index contributed by atoms with van der Waals surface area (Å²) < 4.78 is 22.5. The lowest BCUT2D eigenvalue weighted by atomic mass is 10.2. The zero-order valence-electron chi connectivity index (χ0n) is 22.4. The number of amides is 2. The molecule has 0 spiro atoms. The van der Waals surface area contributed by atoms with Crippen LogP contribution in [0.15, 0.2) is 59.7 Å². The first-order chi connectivity index (χ1) is 18.8. The van der Waals surface area contributed by atoms with E-state index in [4.69, 9.17) is 30.5 Å². The first-order valence-corrected chi connectivity index (χ1v) is 12.9. The van der Waals surface area contributed by atoms with Gasteiger partial charge in [0.2, 0.25) is 0 Å². The van der Waals surface area contributed by atoms with Gasteiger partial charge in [0.05, 0.1) is 31.1 Å². The summed E-state index contributed by atoms with van der Waals surface area (Å²) in [6.07, 6.45) is 1.43. The molecule has 0 heterocycles. The van der Waals surface area contributed by atoms with Crippen LogP contribution >= 0.6 is 11.6 Å². The third kappa shape index (κ3) is 8.65. The molecule has 0 saturated heterocycles. The van der Waals surface area contributed by atoms with Crippen LogP contribution in [0.3, 0.4) is 0 Å². The Morgan fingerprint density at radius 2 is 1.59 bits per heavy atom. The van der Waals surface area contributed by atoms with Crippen LogP contribution in [0.2, 0.25) is 5.02 Å². The highest BCUT2D eigenvalue weighted by Gasteiger charge is 2.15. The Labute approximate surface area is 233 Å². The highest BCUT2D eigenvalue weighted by atomic mass is 35.5. The van der Waals surface area contributed by atoms with E-state index in [0.29, 0.717) is 53.9 Å². The maximum atomic E-state index is 12.6. The van der Waals surface area contributed by atoms with Crippen LogP contribution < -0.4 is 29.7 Å². The number of halogens is 1. The van der Waals surface area contributed by atoms with Crippen LogP contribution in [0.4, 0.5) is 5.69 Å². The molecule has 3 rings (SSSR count). The third-order valence-corrected chi connectivity index (χ3v) is 5.45. The van der Waals surface area contributed by atoms with Crippen molar-refractivity contribution in [3.8, 4) is 23.0 Å². The fourth-order valence-corrected chi connectivity index (χ4v) is 3.82. The van der Waals surface area contributed by atoms with Crippen molar-refractivity contribution in [1.29, 1.82) is 0 Å². The van der Waals surface area contributed by atoms with E-state index in [1.54, 1.807) is 36.4 Å². The number of anilines is 1. The van der Waals surface area contributed by atoms with Gasteiger partial charge >= 0.3 is 0 Å². The molecule has 0 aliphatic heterocycles. The first kappa shape index (κ1) is 29.3. The van der Waals surface area contributed by atoms with Crippen LogP contribution in [0.1, 0.15) is 42.3 Å². The van der Waals surface area contributed by atoms with Gasteiger partial charge in [0.15, 0.2) is 29.6 Å². The molecule has 0 aliphatic carbocycles. The number of nitrogens with one attached hydrogen (secondary N) is 2. The summed E-state index contributed by atoms with van der Waals surface area (Å²) >= 11 is 6.45. The molecule has 0 fully saturated rings. The second-order valence-corrected chi connectivity index (χ2v) is 8.60. The molecule has 0 radical (unpaired) electrons. The number of hydrazone groups is 1. The van der Waals surface area contributed by atoms with Crippen LogP contribution in [0, 0.1) is 6.92 Å². The Morgan fingerprint density at radius 3 is 2.31 bits per heavy atom. The number of hydrogen-bond acceptors (Lipinski definition) is 7. The number of carbonyl (C=O) groups is 2. The molecule has 10 heteroatoms. The molecule has 3 aromatic rings. The highest BCUT2D eigenvalue weighted by Crippen LogP contribution is 2.36. The smallest absolute Gasteiger partial charge is 0.271 e. The van der Waals surface area contributed by atoms with Gasteiger partial charge in [0.1, 0.15) is 0 Å². The lowest BCUT2D eigenvalue weighted by molar-refractivity contribution is -0.118. The van der Waals surface area contributed by atoms with E-state index in [2.05, 4.69) is 15.8 Å². The molecule has 0 saturated carbocycles. The lowest BCUT2D eigenvalue weighted by Gasteiger charge is -2.14. The van der Waals surface area contributed by atoms with Gasteiger partial charge in [0.25, 0.3) is 11.8 Å². The molecular weight excluding hydrogens is 522 g/mol. The quantitative estimate of drug-likeness (QED) is 0.210. The van der Waals surface area contributed by atoms with Crippen LogP contribution in [0.5, 0.6) is 23.0 Å². The molecule has 0 aromatic heterocycles. The largest absolute Gasteiger partial charge is 0.490 e. The van der Waals surface area contributed by atoms with Crippen molar-refractivity contribution in [2.75, 3.05) is 31.7 Å². The van der Waals surface area contributed by atoms with E-state index in [1.165, 1.54) is 6.21 Å². The molecular formula is C29H32ClN3O6. The molecule has 2 N–H and O–H groups in total. The van der Waals surface area contributed by atoms with E-state index in [9.17, 15) is 9.59 Å². The van der Waals surface area contributed by atoms with Crippen molar-refractivity contribution < 1.29 is 28.5 Å². The van der Waals surface area contributed by atoms with E-state index < -0.39 is 5.91 Å². The van der Waals surface area contributed by atoms with Gasteiger partial charge in [-0.05, 0) is 81.3 Å². The van der Waals surface area contributed by atoms with Crippen molar-refractivity contribution in [3.05, 3.63) is 76.3 Å². The molecule has 39 heavy (non-hydrogen) atoms. The Hall–Kier alpha value is -4.24. The second-order valence-electron chi connectivity index (χ2n) is 8.20. The number of aryl methyl sites for hydroxylation is 1. The summed E-state index contributed by atoms with van der Waals surface area (Å²) in [5, 5.41) is 7.05. The minimum atomic E-state index is -0.425. The maximum absolute atomic E-state index is 12.6. The number of rotatable bonds is 13. The van der Waals surface area contributed by atoms with E-state index >= 15 is 0 Å². The SMILES string of the molecule is CCOc1ccc(C(=O)N/N=C/c2cc(Cl)c(OCC(=O)Nc3cccc(C)c3)c(OCC)c2)cc1OCC. The van der Waals surface area contributed by atoms with Crippen LogP contribution in [0.25, 0.3) is 0 Å². The van der Waals surface area contributed by atoms with Crippen molar-refractivity contribution in [3.63, 3.8) is 0 Å². The first-order valence-electron chi connectivity index (χ1n) is 12.5. The fraction of sp³-hybridized carbons (Fsp3) is 0.276. The molecule has 206 valence electrons. The zero-order valence-corrected chi connectivity index (χ0v) is 23.1. The number of benzene rings is 3. The van der Waals surface area contributed by atoms with E-state index in [1.807, 2.05) is 45.9 Å². The van der Waals surface area contributed by atoms with Crippen LogP contribution in [-0.4, -0.2) is 44.5 Å². The van der Waals surface area contributed by atoms with Crippen molar-refractivity contribution in [2.45, 2.75) is 27.7 Å². The van der Waals surface area contributed by atoms with Gasteiger partial charge in [-0.3, -0.25) is 9.59 Å². The summed E-state index contributed by atoms with van der Waals surface area (Å²) in [5.41, 5.74) is 5.11. The zero-order chi connectivity index (χ0) is 28.2. The molecule has 3 aromatic carbocycles. The fourth-order valence-electron chi connectivity index (χ4n) is 3.55. The van der Waals surface area contributed by atoms with Crippen LogP contribution in [-0.2, 0) is 4.79 Å². The van der Waals surface area contributed by atoms with Gasteiger partial charge in [-0.1, -0.05) is 23.7 Å². The summed E-state index contributed by atoms with van der Waals surface area (Å²) in [4.78, 5) is 25.0. The molecule has 0 unspecified atom stereocenters. The second kappa shape index (κ2) is 14.6. The number of hydrogen-bond donors (Lipinski definition) is 2. The summed E-state index contributed by atoms with van der Waals surface area (Å²) in [6.45, 7) is 8.48. The average molecular weight is 554 g/mol. The molecule has 0 bridgehead atoms. The summed E-state index contributed by atoms with van der Waals surface area (Å²) in [6, 6.07) is 15.6. The van der Waals surface area contributed by atoms with Gasteiger partial charge in [-0.25, -0.2) is 5.43 Å². The van der Waals surface area contributed by atoms with Gasteiger partial charge in [-0.2, -0.15) is 5.10 Å². The third-order valence-electron chi connectivity index (χ3n) is 5.17. The molecule has 9 nitrogen and oxygen atoms in total. The monoisotopic (exact) mass is 553 g/mol. The topological polar surface area (TPSA) is 107 Å². The molecule has 0 atom stereocenters. The van der Waals surface area contributed by atoms with Gasteiger partial charge in [-0.15, -0.1) is 0 Å². The van der Waals surface area contributed by atoms with Crippen molar-refractivity contribution in [2.24, 2.45) is 5.10 Å². The van der Waals surface area contributed by atoms with E-state index in [0.717, 1.165) is 5.56 Å². The van der Waals surface area contributed by atoms with Crippen molar-refractivity contribution in [1.82, 2.24) is 5.43 Å². The van der Waals surface area contributed by atoms with Crippen molar-refractivity contribution >= 4 is 35.3 Å². The normalized spacial score (nSPS) is 10.7. The van der Waals surface area contributed by atoms with E-state index in [-0.39, 0.29) is 23.3 Å². The standard InChI is InChI=1S/C29H32ClN3O6/c1-5-36-24-12-11-21(16-25(24)37-6-2)29(35)33-31-17-20-14-23(30)28(26(15-20)38-7-3)39-18-27(34)32-22-10-8-9-19(4)13-22/h8-17H,5-7,18H2,1-4H3,(H,32,34)(H,33,35)/b31-17+. The minimum absolute atomic E-state index is 0.227. The molecule has 2 amide bonds. The lowest BCUT2D eigenvalue weighted by Crippen LogP contribution is -2.20. The Morgan fingerprint density at radius 1 is 0.872 bits per heavy atom. The highest BCUT2D eigenvalue weighted by molar-refractivity contribution is 6.32. The number of nitrogens with zero attached hydrogens (tertiary/aromatic N) is 1. The predicted octanol–water partition coefficient (Wildman–Crippen LogP) is 5.63. The minimum Gasteiger partial charge on any atom is -0.490 e. The molecule has 0 aliphatic rings. The Balaban J connectivity index is 1.67. The number of ether oxygens (including phenoxy) is 4. The van der Waals surface area contributed by atoms with Gasteiger partial charge in [0, 0.05) is 11.3 Å². The Bertz CT molecular complexity index is 1330. The summed E-state index contributed by atoms with van der Waals surface area (Å²) in [7, 11) is 0. The summed E-state index contributed by atoms with van der Waals surface area (Å²) in [5.74, 6) is 0.853. The Kier molecular flexibility index (Phi) is 11.0. The number of carbonyl (C=O) groups excluding carboxylic acids is 2. The average Bonchev–Trinajstić information content (AvgIpc) is 2.89.